The van der Waals surface area contributed by atoms with E-state index in [1.165, 1.54) is 6.33 Å². The standard InChI is InChI=1S/CH2N4.B/c1-2-4-5-3-1;/h1H,(H,2,3,4,5);. The van der Waals surface area contributed by atoms with Crippen LogP contribution in [0.3, 0.4) is 0 Å². The lowest BCUT2D eigenvalue weighted by molar-refractivity contribution is 0.881. The molecular weight excluding hydrogens is 78.9 g/mol. The fourth-order valence-electron chi connectivity index (χ4n) is 0.129. The van der Waals surface area contributed by atoms with Crippen molar-refractivity contribution in [3.63, 3.8) is 0 Å². The largest absolute Gasteiger partial charge is 0.177 e. The Balaban J connectivity index is 0.000000250. The van der Waals surface area contributed by atoms with E-state index in [4.69, 9.17) is 0 Å². The Morgan fingerprint density at radius 1 is 1.50 bits per heavy atom. The van der Waals surface area contributed by atoms with Gasteiger partial charge >= 0.3 is 0 Å². The van der Waals surface area contributed by atoms with Crippen LogP contribution in [-0.4, -0.2) is 29.0 Å². The molecule has 1 aromatic rings. The summed E-state index contributed by atoms with van der Waals surface area (Å²) in [5.74, 6) is 0. The van der Waals surface area contributed by atoms with Crippen LogP contribution in [0.15, 0.2) is 6.33 Å². The second-order valence-corrected chi connectivity index (χ2v) is 0.560. The van der Waals surface area contributed by atoms with Crippen LogP contribution in [0.4, 0.5) is 0 Å². The summed E-state index contributed by atoms with van der Waals surface area (Å²) in [6.07, 6.45) is 1.33. The second kappa shape index (κ2) is 2.38. The summed E-state index contributed by atoms with van der Waals surface area (Å²) in [5.41, 5.74) is 0. The Morgan fingerprint density at radius 2 is 2.33 bits per heavy atom. The van der Waals surface area contributed by atoms with E-state index >= 15 is 0 Å². The minimum atomic E-state index is 0. The van der Waals surface area contributed by atoms with Crippen LogP contribution in [0.25, 0.3) is 0 Å². The van der Waals surface area contributed by atoms with E-state index in [-0.39, 0.29) is 8.41 Å². The predicted octanol–water partition coefficient (Wildman–Crippen LogP) is -1.18. The van der Waals surface area contributed by atoms with Gasteiger partial charge in [0.15, 0.2) is 6.33 Å². The lowest BCUT2D eigenvalue weighted by atomic mass is 10.8. The first-order chi connectivity index (χ1) is 2.50. The molecule has 0 unspecified atom stereocenters. The molecule has 0 spiro atoms. The van der Waals surface area contributed by atoms with Gasteiger partial charge < -0.3 is 0 Å². The minimum absolute atomic E-state index is 0. The van der Waals surface area contributed by atoms with Gasteiger partial charge in [0.05, 0.1) is 0 Å². The van der Waals surface area contributed by atoms with E-state index in [0.29, 0.717) is 0 Å². The molecule has 1 N–H and O–H groups in total. The van der Waals surface area contributed by atoms with E-state index in [2.05, 4.69) is 20.6 Å². The molecule has 0 saturated carbocycles. The second-order valence-electron chi connectivity index (χ2n) is 0.560. The Labute approximate surface area is 36.5 Å². The van der Waals surface area contributed by atoms with E-state index in [9.17, 15) is 0 Å². The van der Waals surface area contributed by atoms with Gasteiger partial charge in [-0.25, -0.2) is 0 Å². The number of aromatic nitrogens is 4. The van der Waals surface area contributed by atoms with Crippen LogP contribution in [0, 0.1) is 0 Å². The fraction of sp³-hybridized carbons (Fsp3) is 0. The highest BCUT2D eigenvalue weighted by molar-refractivity contribution is 5.75. The maximum atomic E-state index is 3.38. The number of nitrogens with zero attached hydrogens (tertiary/aromatic N) is 3. The van der Waals surface area contributed by atoms with E-state index in [1.54, 1.807) is 0 Å². The lowest BCUT2D eigenvalue weighted by Crippen LogP contribution is -1.64. The van der Waals surface area contributed by atoms with Gasteiger partial charge in [-0.3, -0.25) is 0 Å². The Bertz CT molecular complexity index is 64.0. The third-order valence-corrected chi connectivity index (χ3v) is 0.270. The van der Waals surface area contributed by atoms with Gasteiger partial charge in [0.25, 0.3) is 0 Å². The molecule has 0 aromatic carbocycles. The molecule has 5 heteroatoms. The highest BCUT2D eigenvalue weighted by Gasteiger charge is 1.58. The quantitative estimate of drug-likeness (QED) is 0.400. The fourth-order valence-corrected chi connectivity index (χ4v) is 0.129. The van der Waals surface area contributed by atoms with Gasteiger partial charge in [0, 0.05) is 8.41 Å². The van der Waals surface area contributed by atoms with Crippen molar-refractivity contribution in [2.45, 2.75) is 0 Å². The number of aromatic amines is 1. The van der Waals surface area contributed by atoms with E-state index < -0.39 is 0 Å². The van der Waals surface area contributed by atoms with Crippen LogP contribution in [0.5, 0.6) is 0 Å². The molecule has 6 heavy (non-hydrogen) atoms. The molecular formula is CH2BN4. The van der Waals surface area contributed by atoms with Crippen LogP contribution in [0.1, 0.15) is 0 Å². The van der Waals surface area contributed by atoms with Crippen LogP contribution in [0.2, 0.25) is 0 Å². The van der Waals surface area contributed by atoms with E-state index in [1.807, 2.05) is 0 Å². The maximum Gasteiger partial charge on any atom is 0.161 e. The first-order valence-electron chi connectivity index (χ1n) is 1.16. The molecule has 1 aromatic heterocycles. The molecule has 29 valence electrons. The number of tetrazole rings is 1. The molecule has 0 saturated heterocycles. The predicted molar refractivity (Wildman–Crippen MR) is 19.9 cm³/mol. The highest BCUT2D eigenvalue weighted by Crippen LogP contribution is 1.43. The van der Waals surface area contributed by atoms with Crippen molar-refractivity contribution >= 4 is 8.41 Å². The summed E-state index contributed by atoms with van der Waals surface area (Å²) in [4.78, 5) is 0. The first kappa shape index (κ1) is 5.13. The topological polar surface area (TPSA) is 54.5 Å². The molecule has 0 fully saturated rings. The van der Waals surface area contributed by atoms with Gasteiger partial charge in [-0.2, -0.15) is 5.21 Å². The summed E-state index contributed by atoms with van der Waals surface area (Å²) in [5, 5.41) is 12.2. The zero-order valence-electron chi connectivity index (χ0n) is 3.00. The van der Waals surface area contributed by atoms with Gasteiger partial charge in [0.2, 0.25) is 0 Å². The minimum Gasteiger partial charge on any atom is -0.177 e. The molecule has 3 radical (unpaired) electrons. The Hall–Kier alpha value is -0.865. The van der Waals surface area contributed by atoms with Crippen molar-refractivity contribution < 1.29 is 0 Å². The maximum absolute atomic E-state index is 3.38. The molecule has 0 aliphatic rings. The Morgan fingerprint density at radius 3 is 2.50 bits per heavy atom. The van der Waals surface area contributed by atoms with Gasteiger partial charge in [-0.15, -0.1) is 10.2 Å². The van der Waals surface area contributed by atoms with Gasteiger partial charge in [-0.05, 0) is 0 Å². The summed E-state index contributed by atoms with van der Waals surface area (Å²) < 4.78 is 0. The zero-order chi connectivity index (χ0) is 3.54. The van der Waals surface area contributed by atoms with Gasteiger partial charge in [-0.1, -0.05) is 5.21 Å². The number of nitrogens with one attached hydrogen (secondary N) is 1. The van der Waals surface area contributed by atoms with Crippen LogP contribution < -0.4 is 0 Å². The molecule has 0 bridgehead atoms. The summed E-state index contributed by atoms with van der Waals surface area (Å²) in [6.45, 7) is 0. The average molecular weight is 80.9 g/mol. The van der Waals surface area contributed by atoms with Crippen molar-refractivity contribution in [1.82, 2.24) is 20.6 Å². The summed E-state index contributed by atoms with van der Waals surface area (Å²) in [7, 11) is 0. The van der Waals surface area contributed by atoms with Crippen LogP contribution >= 0.6 is 0 Å². The number of rotatable bonds is 0. The summed E-state index contributed by atoms with van der Waals surface area (Å²) in [6, 6.07) is 0. The van der Waals surface area contributed by atoms with Crippen molar-refractivity contribution in [3.8, 4) is 0 Å². The van der Waals surface area contributed by atoms with Crippen molar-refractivity contribution in [3.05, 3.63) is 6.33 Å². The molecule has 4 nitrogen and oxygen atoms in total. The molecule has 1 rings (SSSR count). The number of hydrogen-bond donors (Lipinski definition) is 1. The normalized spacial score (nSPS) is 6.67. The zero-order valence-corrected chi connectivity index (χ0v) is 3.00. The molecule has 1 heterocycles. The average Bonchev–Trinajstić information content (AvgIpc) is 1.76. The van der Waals surface area contributed by atoms with Crippen molar-refractivity contribution in [1.29, 1.82) is 0 Å². The third kappa shape index (κ3) is 0.836. The molecule has 0 amide bonds. The monoisotopic (exact) mass is 81.0 g/mol. The lowest BCUT2D eigenvalue weighted by Gasteiger charge is -1.44. The van der Waals surface area contributed by atoms with Crippen molar-refractivity contribution in [2.75, 3.05) is 0 Å². The molecule has 0 aliphatic carbocycles. The molecule has 0 atom stereocenters. The van der Waals surface area contributed by atoms with Gasteiger partial charge in [0.1, 0.15) is 0 Å². The number of hydrogen-bond acceptors (Lipinski definition) is 3. The van der Waals surface area contributed by atoms with Crippen molar-refractivity contribution in [2.24, 2.45) is 0 Å². The smallest absolute Gasteiger partial charge is 0.161 e. The Kier molecular flexibility index (Phi) is 2.03. The highest BCUT2D eigenvalue weighted by atomic mass is 15.5. The molecule has 0 aliphatic heterocycles. The van der Waals surface area contributed by atoms with E-state index in [0.717, 1.165) is 0 Å². The number of H-pyrrole nitrogens is 1. The summed E-state index contributed by atoms with van der Waals surface area (Å²) >= 11 is 0. The first-order valence-corrected chi connectivity index (χ1v) is 1.16. The van der Waals surface area contributed by atoms with Crippen LogP contribution in [-0.2, 0) is 0 Å². The third-order valence-electron chi connectivity index (χ3n) is 0.270. The SMILES string of the molecule is [B].c1nn[nH]n1.